The van der Waals surface area contributed by atoms with Crippen molar-refractivity contribution in [2.75, 3.05) is 19.9 Å². The summed E-state index contributed by atoms with van der Waals surface area (Å²) in [5.74, 6) is 0.913. The highest BCUT2D eigenvalue weighted by Crippen LogP contribution is 2.34. The van der Waals surface area contributed by atoms with Gasteiger partial charge in [-0.3, -0.25) is 19.0 Å². The zero-order chi connectivity index (χ0) is 22.1. The molecule has 1 amide bonds. The third kappa shape index (κ3) is 3.84. The molecule has 2 aliphatic rings. The van der Waals surface area contributed by atoms with Crippen LogP contribution in [0.5, 0.6) is 11.5 Å². The SMILES string of the molecule is O=C(c1ccc2c(c1)OCO2)C1CCCN(C(=O)CCn2cnc3ccccc3c2=O)C1. The zero-order valence-corrected chi connectivity index (χ0v) is 17.5. The highest BCUT2D eigenvalue weighted by Gasteiger charge is 2.29. The van der Waals surface area contributed by atoms with Crippen LogP contribution in [-0.4, -0.2) is 46.0 Å². The van der Waals surface area contributed by atoms with Crippen molar-refractivity contribution in [2.45, 2.75) is 25.8 Å². The summed E-state index contributed by atoms with van der Waals surface area (Å²) in [6.07, 6.45) is 3.18. The van der Waals surface area contributed by atoms with E-state index >= 15 is 0 Å². The fraction of sp³-hybridized carbons (Fsp3) is 0.333. The first-order chi connectivity index (χ1) is 15.6. The molecule has 0 bridgehead atoms. The maximum absolute atomic E-state index is 13.0. The summed E-state index contributed by atoms with van der Waals surface area (Å²) in [7, 11) is 0. The van der Waals surface area contributed by atoms with Crippen molar-refractivity contribution in [1.82, 2.24) is 14.5 Å². The van der Waals surface area contributed by atoms with Gasteiger partial charge in [-0.25, -0.2) is 4.98 Å². The van der Waals surface area contributed by atoms with Gasteiger partial charge >= 0.3 is 0 Å². The maximum Gasteiger partial charge on any atom is 0.261 e. The Hall–Kier alpha value is -3.68. The van der Waals surface area contributed by atoms with E-state index in [4.69, 9.17) is 9.47 Å². The minimum atomic E-state index is -0.252. The van der Waals surface area contributed by atoms with Crippen LogP contribution in [0, 0.1) is 5.92 Å². The monoisotopic (exact) mass is 433 g/mol. The third-order valence-electron chi connectivity index (χ3n) is 6.10. The van der Waals surface area contributed by atoms with Crippen LogP contribution < -0.4 is 15.0 Å². The Kier molecular flexibility index (Phi) is 5.34. The van der Waals surface area contributed by atoms with Gasteiger partial charge in [0.2, 0.25) is 12.7 Å². The van der Waals surface area contributed by atoms with Crippen LogP contribution in [0.1, 0.15) is 29.6 Å². The Bertz CT molecular complexity index is 1250. The summed E-state index contributed by atoms with van der Waals surface area (Å²) < 4.78 is 12.2. The Morgan fingerprint density at radius 1 is 1.09 bits per heavy atom. The van der Waals surface area contributed by atoms with E-state index in [0.29, 0.717) is 41.1 Å². The first kappa shape index (κ1) is 20.2. The topological polar surface area (TPSA) is 90.7 Å². The van der Waals surface area contributed by atoms with Crippen LogP contribution in [-0.2, 0) is 11.3 Å². The summed E-state index contributed by atoms with van der Waals surface area (Å²) in [6.45, 7) is 1.42. The molecule has 1 aromatic heterocycles. The maximum atomic E-state index is 13.0. The zero-order valence-electron chi connectivity index (χ0n) is 17.5. The number of amides is 1. The predicted octanol–water partition coefficient (Wildman–Crippen LogP) is 2.64. The molecule has 3 heterocycles. The van der Waals surface area contributed by atoms with Gasteiger partial charge in [-0.05, 0) is 43.2 Å². The first-order valence-corrected chi connectivity index (χ1v) is 10.8. The number of hydrogen-bond acceptors (Lipinski definition) is 6. The average molecular weight is 433 g/mol. The predicted molar refractivity (Wildman–Crippen MR) is 117 cm³/mol. The van der Waals surface area contributed by atoms with Crippen LogP contribution in [0.15, 0.2) is 53.6 Å². The van der Waals surface area contributed by atoms with E-state index in [1.54, 1.807) is 41.3 Å². The molecule has 5 rings (SSSR count). The number of benzene rings is 2. The summed E-state index contributed by atoms with van der Waals surface area (Å²) in [5, 5.41) is 0.537. The molecular formula is C24H23N3O5. The van der Waals surface area contributed by atoms with Crippen molar-refractivity contribution < 1.29 is 19.1 Å². The minimum absolute atomic E-state index is 0.00995. The lowest BCUT2D eigenvalue weighted by Gasteiger charge is -2.32. The molecular weight excluding hydrogens is 410 g/mol. The molecule has 0 N–H and O–H groups in total. The van der Waals surface area contributed by atoms with Gasteiger partial charge in [0.25, 0.3) is 5.56 Å². The molecule has 1 unspecified atom stereocenters. The summed E-state index contributed by atoms with van der Waals surface area (Å²) >= 11 is 0. The molecule has 32 heavy (non-hydrogen) atoms. The van der Waals surface area contributed by atoms with Crippen molar-refractivity contribution in [1.29, 1.82) is 0 Å². The Morgan fingerprint density at radius 2 is 1.94 bits per heavy atom. The molecule has 0 aliphatic carbocycles. The number of aromatic nitrogens is 2. The van der Waals surface area contributed by atoms with Gasteiger partial charge in [-0.1, -0.05) is 12.1 Å². The summed E-state index contributed by atoms with van der Waals surface area (Å²) in [5.41, 5.74) is 1.06. The van der Waals surface area contributed by atoms with Gasteiger partial charge in [0, 0.05) is 37.5 Å². The second-order valence-electron chi connectivity index (χ2n) is 8.12. The van der Waals surface area contributed by atoms with E-state index in [2.05, 4.69) is 4.98 Å². The van der Waals surface area contributed by atoms with E-state index in [9.17, 15) is 14.4 Å². The number of carbonyl (C=O) groups excluding carboxylic acids is 2. The van der Waals surface area contributed by atoms with Crippen LogP contribution in [0.2, 0.25) is 0 Å². The lowest BCUT2D eigenvalue weighted by molar-refractivity contribution is -0.132. The number of para-hydroxylation sites is 1. The molecule has 1 atom stereocenters. The molecule has 0 spiro atoms. The first-order valence-electron chi connectivity index (χ1n) is 10.8. The minimum Gasteiger partial charge on any atom is -0.454 e. The van der Waals surface area contributed by atoms with Crippen molar-refractivity contribution in [2.24, 2.45) is 5.92 Å². The van der Waals surface area contributed by atoms with Gasteiger partial charge in [-0.15, -0.1) is 0 Å². The number of rotatable bonds is 5. The molecule has 2 aromatic carbocycles. The number of Topliss-reactive ketones (excluding diaryl/α,β-unsaturated/α-hetero) is 1. The molecule has 8 heteroatoms. The summed E-state index contributed by atoms with van der Waals surface area (Å²) in [4.78, 5) is 44.5. The molecule has 164 valence electrons. The Balaban J connectivity index is 1.23. The number of carbonyl (C=O) groups is 2. The lowest BCUT2D eigenvalue weighted by atomic mass is 9.89. The van der Waals surface area contributed by atoms with E-state index < -0.39 is 0 Å². The van der Waals surface area contributed by atoms with E-state index in [0.717, 1.165) is 12.8 Å². The second kappa shape index (κ2) is 8.45. The van der Waals surface area contributed by atoms with Crippen molar-refractivity contribution in [3.8, 4) is 11.5 Å². The van der Waals surface area contributed by atoms with Gasteiger partial charge in [0.05, 0.1) is 17.2 Å². The van der Waals surface area contributed by atoms with Gasteiger partial charge in [0.15, 0.2) is 17.3 Å². The van der Waals surface area contributed by atoms with E-state index in [1.165, 1.54) is 10.9 Å². The molecule has 0 radical (unpaired) electrons. The van der Waals surface area contributed by atoms with Gasteiger partial charge in [-0.2, -0.15) is 0 Å². The Morgan fingerprint density at radius 3 is 2.84 bits per heavy atom. The Labute approximate surface area is 184 Å². The number of ketones is 1. The molecule has 2 aliphatic heterocycles. The number of piperidine rings is 1. The van der Waals surface area contributed by atoms with Crippen LogP contribution in [0.3, 0.4) is 0 Å². The number of hydrogen-bond donors (Lipinski definition) is 0. The van der Waals surface area contributed by atoms with Crippen LogP contribution in [0.4, 0.5) is 0 Å². The number of nitrogens with zero attached hydrogens (tertiary/aromatic N) is 3. The summed E-state index contributed by atoms with van der Waals surface area (Å²) in [6, 6.07) is 12.4. The molecule has 8 nitrogen and oxygen atoms in total. The number of fused-ring (bicyclic) bond motifs is 2. The van der Waals surface area contributed by atoms with Crippen molar-refractivity contribution in [3.63, 3.8) is 0 Å². The second-order valence-corrected chi connectivity index (χ2v) is 8.12. The van der Waals surface area contributed by atoms with Crippen LogP contribution >= 0.6 is 0 Å². The highest BCUT2D eigenvalue weighted by atomic mass is 16.7. The number of ether oxygens (including phenoxy) is 2. The smallest absolute Gasteiger partial charge is 0.261 e. The van der Waals surface area contributed by atoms with E-state index in [-0.39, 0.29) is 42.9 Å². The molecule has 1 saturated heterocycles. The highest BCUT2D eigenvalue weighted by molar-refractivity contribution is 5.99. The molecule has 3 aromatic rings. The van der Waals surface area contributed by atoms with Gasteiger partial charge in [0.1, 0.15) is 0 Å². The third-order valence-corrected chi connectivity index (χ3v) is 6.10. The largest absolute Gasteiger partial charge is 0.454 e. The van der Waals surface area contributed by atoms with E-state index in [1.807, 2.05) is 6.07 Å². The fourth-order valence-corrected chi connectivity index (χ4v) is 4.34. The fourth-order valence-electron chi connectivity index (χ4n) is 4.34. The van der Waals surface area contributed by atoms with Crippen LogP contribution in [0.25, 0.3) is 10.9 Å². The number of likely N-dealkylation sites (tertiary alicyclic amines) is 1. The number of aryl methyl sites for hydroxylation is 1. The lowest BCUT2D eigenvalue weighted by Crippen LogP contribution is -2.42. The van der Waals surface area contributed by atoms with Crippen molar-refractivity contribution in [3.05, 3.63) is 64.7 Å². The normalized spacial score (nSPS) is 17.5. The standard InChI is InChI=1S/C24H23N3O5/c28-22(9-11-27-14-25-19-6-2-1-5-18(19)24(27)30)26-10-3-4-17(13-26)23(29)16-7-8-20-21(12-16)32-15-31-20/h1-2,5-8,12,14,17H,3-4,9-11,13,15H2. The van der Waals surface area contributed by atoms with Gasteiger partial charge < -0.3 is 14.4 Å². The molecule has 1 fully saturated rings. The average Bonchev–Trinajstić information content (AvgIpc) is 3.31. The van der Waals surface area contributed by atoms with Crippen molar-refractivity contribution >= 4 is 22.6 Å². The molecule has 0 saturated carbocycles. The quantitative estimate of drug-likeness (QED) is 0.575.